The summed E-state index contributed by atoms with van der Waals surface area (Å²) in [5.74, 6) is -1.76. The Balaban J connectivity index is 1.58. The lowest BCUT2D eigenvalue weighted by Gasteiger charge is -2.38. The molecule has 10 heteroatoms. The third-order valence-corrected chi connectivity index (χ3v) is 7.25. The zero-order valence-electron chi connectivity index (χ0n) is 25.1. The molecule has 1 aromatic heterocycles. The van der Waals surface area contributed by atoms with Gasteiger partial charge in [0.25, 0.3) is 11.8 Å². The van der Waals surface area contributed by atoms with Gasteiger partial charge < -0.3 is 25.5 Å². The summed E-state index contributed by atoms with van der Waals surface area (Å²) in [4.78, 5) is 58.9. The molecule has 0 saturated carbocycles. The quantitative estimate of drug-likeness (QED) is 0.332. The number of nitrogens with zero attached hydrogens (tertiary/aromatic N) is 3. The fraction of sp³-hybridized carbons (Fsp3) is 0.364. The maximum Gasteiger partial charge on any atom is 0.305 e. The number of aliphatic carboxylic acids is 1. The van der Waals surface area contributed by atoms with Crippen LogP contribution in [0, 0.1) is 12.3 Å². The average Bonchev–Trinajstić information content (AvgIpc) is 2.96. The summed E-state index contributed by atoms with van der Waals surface area (Å²) in [7, 11) is 0. The van der Waals surface area contributed by atoms with E-state index >= 15 is 0 Å². The summed E-state index contributed by atoms with van der Waals surface area (Å²) >= 11 is 0. The molecule has 0 aliphatic carbocycles. The minimum Gasteiger partial charge on any atom is -0.481 e. The minimum atomic E-state index is -1.04. The molecule has 0 spiro atoms. The first-order valence-electron chi connectivity index (χ1n) is 14.4. The van der Waals surface area contributed by atoms with Gasteiger partial charge in [-0.1, -0.05) is 50.6 Å². The van der Waals surface area contributed by atoms with E-state index in [0.29, 0.717) is 49.4 Å². The average molecular weight is 586 g/mol. The Bertz CT molecular complexity index is 1460. The van der Waals surface area contributed by atoms with Crippen molar-refractivity contribution in [3.8, 4) is 0 Å². The summed E-state index contributed by atoms with van der Waals surface area (Å²) in [5.41, 5.74) is 3.39. The summed E-state index contributed by atoms with van der Waals surface area (Å²) in [5, 5.41) is 15.3. The zero-order chi connectivity index (χ0) is 31.1. The first kappa shape index (κ1) is 31.2. The van der Waals surface area contributed by atoms with Gasteiger partial charge in [-0.15, -0.1) is 0 Å². The predicted octanol–water partition coefficient (Wildman–Crippen LogP) is 4.67. The molecule has 4 rings (SSSR count). The Morgan fingerprint density at radius 1 is 0.930 bits per heavy atom. The molecule has 1 aliphatic rings. The SMILES string of the molecule is Cc1ccc(C(CC(=O)O)NC(=O)c2ccc(N3CCN(C(=O)CC(C)(C)C)CC3)c(NC(=O)c3cccnc3)c2)cc1. The van der Waals surface area contributed by atoms with E-state index in [0.717, 1.165) is 11.3 Å². The van der Waals surface area contributed by atoms with Crippen LogP contribution in [0.4, 0.5) is 11.4 Å². The van der Waals surface area contributed by atoms with E-state index in [-0.39, 0.29) is 29.2 Å². The van der Waals surface area contributed by atoms with E-state index < -0.39 is 17.9 Å². The highest BCUT2D eigenvalue weighted by atomic mass is 16.4. The molecular weight excluding hydrogens is 546 g/mol. The normalized spacial score (nSPS) is 14.1. The molecule has 1 saturated heterocycles. The first-order valence-corrected chi connectivity index (χ1v) is 14.4. The molecule has 226 valence electrons. The van der Waals surface area contributed by atoms with Crippen LogP contribution in [0.25, 0.3) is 0 Å². The summed E-state index contributed by atoms with van der Waals surface area (Å²) < 4.78 is 0. The minimum absolute atomic E-state index is 0.0999. The van der Waals surface area contributed by atoms with Crippen molar-refractivity contribution < 1.29 is 24.3 Å². The number of anilines is 2. The van der Waals surface area contributed by atoms with Crippen LogP contribution in [0.3, 0.4) is 0 Å². The van der Waals surface area contributed by atoms with Gasteiger partial charge >= 0.3 is 5.97 Å². The largest absolute Gasteiger partial charge is 0.481 e. The smallest absolute Gasteiger partial charge is 0.305 e. The Labute approximate surface area is 252 Å². The first-order chi connectivity index (χ1) is 20.4. The number of carboxylic acid groups (broad SMARTS) is 1. The van der Waals surface area contributed by atoms with Crippen molar-refractivity contribution in [2.75, 3.05) is 36.4 Å². The van der Waals surface area contributed by atoms with Crippen LogP contribution >= 0.6 is 0 Å². The van der Waals surface area contributed by atoms with Crippen LogP contribution in [-0.4, -0.2) is 64.9 Å². The molecule has 43 heavy (non-hydrogen) atoms. The van der Waals surface area contributed by atoms with Gasteiger partial charge in [-0.2, -0.15) is 0 Å². The lowest BCUT2D eigenvalue weighted by molar-refractivity contribution is -0.137. The molecule has 0 bridgehead atoms. The third kappa shape index (κ3) is 8.64. The van der Waals surface area contributed by atoms with Gasteiger partial charge in [0.1, 0.15) is 0 Å². The van der Waals surface area contributed by atoms with Crippen molar-refractivity contribution in [1.82, 2.24) is 15.2 Å². The van der Waals surface area contributed by atoms with Gasteiger partial charge in [-0.3, -0.25) is 24.2 Å². The molecule has 1 fully saturated rings. The Hall–Kier alpha value is -4.73. The molecule has 2 heterocycles. The Morgan fingerprint density at radius 3 is 2.23 bits per heavy atom. The van der Waals surface area contributed by atoms with Gasteiger partial charge in [0.2, 0.25) is 5.91 Å². The number of carbonyl (C=O) groups excluding carboxylic acids is 3. The van der Waals surface area contributed by atoms with E-state index in [1.54, 1.807) is 48.7 Å². The highest BCUT2D eigenvalue weighted by molar-refractivity contribution is 6.07. The van der Waals surface area contributed by atoms with Gasteiger partial charge in [0, 0.05) is 50.6 Å². The number of nitrogens with one attached hydrogen (secondary N) is 2. The van der Waals surface area contributed by atoms with Gasteiger partial charge in [0.15, 0.2) is 0 Å². The van der Waals surface area contributed by atoms with Gasteiger partial charge in [-0.05, 0) is 48.2 Å². The predicted molar refractivity (Wildman–Crippen MR) is 165 cm³/mol. The van der Waals surface area contributed by atoms with Crippen LogP contribution in [0.15, 0.2) is 67.0 Å². The summed E-state index contributed by atoms with van der Waals surface area (Å²) in [6.45, 7) is 10.3. The number of pyridine rings is 1. The molecular formula is C33H39N5O5. The van der Waals surface area contributed by atoms with E-state index in [1.165, 1.54) is 6.20 Å². The fourth-order valence-electron chi connectivity index (χ4n) is 4.97. The zero-order valence-corrected chi connectivity index (χ0v) is 25.1. The van der Waals surface area contributed by atoms with Crippen LogP contribution in [-0.2, 0) is 9.59 Å². The summed E-state index contributed by atoms with van der Waals surface area (Å²) in [6.07, 6.45) is 3.23. The van der Waals surface area contributed by atoms with Gasteiger partial charge in [0.05, 0.1) is 29.4 Å². The van der Waals surface area contributed by atoms with Crippen molar-refractivity contribution in [1.29, 1.82) is 0 Å². The van der Waals surface area contributed by atoms with Crippen molar-refractivity contribution in [3.05, 3.63) is 89.2 Å². The highest BCUT2D eigenvalue weighted by Gasteiger charge is 2.27. The molecule has 10 nitrogen and oxygen atoms in total. The lowest BCUT2D eigenvalue weighted by Crippen LogP contribution is -2.49. The van der Waals surface area contributed by atoms with E-state index in [1.807, 2.05) is 44.7 Å². The number of piperazine rings is 1. The third-order valence-electron chi connectivity index (χ3n) is 7.25. The Morgan fingerprint density at radius 2 is 1.63 bits per heavy atom. The lowest BCUT2D eigenvalue weighted by atomic mass is 9.91. The Kier molecular flexibility index (Phi) is 9.80. The second kappa shape index (κ2) is 13.5. The van der Waals surface area contributed by atoms with Crippen molar-refractivity contribution in [3.63, 3.8) is 0 Å². The number of benzene rings is 2. The molecule has 3 aromatic rings. The molecule has 1 aliphatic heterocycles. The van der Waals surface area contributed by atoms with E-state index in [9.17, 15) is 24.3 Å². The van der Waals surface area contributed by atoms with Crippen molar-refractivity contribution >= 4 is 35.1 Å². The molecule has 0 radical (unpaired) electrons. The number of carbonyl (C=O) groups is 4. The van der Waals surface area contributed by atoms with E-state index in [4.69, 9.17) is 0 Å². The maximum absolute atomic E-state index is 13.4. The monoisotopic (exact) mass is 585 g/mol. The topological polar surface area (TPSA) is 132 Å². The summed E-state index contributed by atoms with van der Waals surface area (Å²) in [6, 6.07) is 15.0. The van der Waals surface area contributed by atoms with E-state index in [2.05, 4.69) is 20.5 Å². The van der Waals surface area contributed by atoms with Crippen LogP contribution in [0.2, 0.25) is 0 Å². The fourth-order valence-corrected chi connectivity index (χ4v) is 4.97. The van der Waals surface area contributed by atoms with Crippen LogP contribution < -0.4 is 15.5 Å². The molecule has 1 unspecified atom stereocenters. The standard InChI is InChI=1S/C33H39N5O5/c1-22-7-9-23(10-8-22)26(19-30(40)41)35-31(42)24-11-12-28(27(18-24)36-32(43)25-6-5-13-34-21-25)37-14-16-38(17-15-37)29(39)20-33(2,3)4/h5-13,18,21,26H,14-17,19-20H2,1-4H3,(H,35,42)(H,36,43)(H,40,41). The molecule has 1 atom stereocenters. The van der Waals surface area contributed by atoms with Crippen molar-refractivity contribution in [2.45, 2.75) is 46.6 Å². The highest BCUT2D eigenvalue weighted by Crippen LogP contribution is 2.30. The van der Waals surface area contributed by atoms with Crippen LogP contribution in [0.5, 0.6) is 0 Å². The number of amides is 3. The van der Waals surface area contributed by atoms with Crippen molar-refractivity contribution in [2.24, 2.45) is 5.41 Å². The second-order valence-corrected chi connectivity index (χ2v) is 12.1. The number of aryl methyl sites for hydroxylation is 1. The molecule has 3 amide bonds. The number of carboxylic acids is 1. The second-order valence-electron chi connectivity index (χ2n) is 12.1. The van der Waals surface area contributed by atoms with Crippen LogP contribution in [0.1, 0.15) is 71.5 Å². The molecule has 3 N–H and O–H groups in total. The number of rotatable bonds is 9. The number of aromatic nitrogens is 1. The van der Waals surface area contributed by atoms with Gasteiger partial charge in [-0.25, -0.2) is 0 Å². The molecule has 2 aromatic carbocycles. The number of hydrogen-bond acceptors (Lipinski definition) is 6. The maximum atomic E-state index is 13.4. The number of hydrogen-bond donors (Lipinski definition) is 3.